The number of nitrogens with zero attached hydrogens (tertiary/aromatic N) is 3. The first-order chi connectivity index (χ1) is 14.3. The van der Waals surface area contributed by atoms with Crippen LogP contribution >= 0.6 is 0 Å². The Balaban J connectivity index is 1.34. The van der Waals surface area contributed by atoms with Crippen LogP contribution < -0.4 is 0 Å². The van der Waals surface area contributed by atoms with Crippen LogP contribution in [0.1, 0.15) is 58.1 Å². The summed E-state index contributed by atoms with van der Waals surface area (Å²) >= 11 is 0. The summed E-state index contributed by atoms with van der Waals surface area (Å²) in [5.74, 6) is 0.162. The highest BCUT2D eigenvalue weighted by atomic mass is 16.6. The Bertz CT molecular complexity index is 953. The van der Waals surface area contributed by atoms with Gasteiger partial charge in [0.15, 0.2) is 0 Å². The molecule has 1 aromatic heterocycles. The fourth-order valence-electron chi connectivity index (χ4n) is 5.86. The van der Waals surface area contributed by atoms with Gasteiger partial charge in [-0.3, -0.25) is 0 Å². The van der Waals surface area contributed by atoms with Gasteiger partial charge in [0.1, 0.15) is 5.60 Å². The highest BCUT2D eigenvalue weighted by molar-refractivity contribution is 5.69. The van der Waals surface area contributed by atoms with Gasteiger partial charge in [0.25, 0.3) is 0 Å². The summed E-state index contributed by atoms with van der Waals surface area (Å²) in [5.41, 5.74) is 3.07. The lowest BCUT2D eigenvalue weighted by Gasteiger charge is -2.43. The summed E-state index contributed by atoms with van der Waals surface area (Å²) in [5, 5.41) is 11.6. The molecule has 2 aliphatic heterocycles. The van der Waals surface area contributed by atoms with E-state index in [1.54, 1.807) is 4.90 Å². The zero-order valence-corrected chi connectivity index (χ0v) is 18.0. The SMILES string of the molecule is CC(C)(C)OC(=O)N1CCC2(CC[C@H]([C@@H]3c4ccccc4-c4cncn43)[C@@H]2O)CC1. The Morgan fingerprint density at radius 2 is 1.93 bits per heavy atom. The molecule has 0 unspecified atom stereocenters. The van der Waals surface area contributed by atoms with E-state index in [1.165, 1.54) is 11.1 Å². The van der Waals surface area contributed by atoms with E-state index in [0.29, 0.717) is 13.1 Å². The Hall–Kier alpha value is -2.34. The number of carbonyl (C=O) groups excluding carboxylic acids is 1. The fraction of sp³-hybridized carbons (Fsp3) is 0.583. The van der Waals surface area contributed by atoms with Gasteiger partial charge >= 0.3 is 6.09 Å². The molecule has 1 saturated heterocycles. The molecule has 30 heavy (non-hydrogen) atoms. The zero-order chi connectivity index (χ0) is 21.1. The number of rotatable bonds is 1. The number of aromatic nitrogens is 2. The molecule has 1 spiro atoms. The van der Waals surface area contributed by atoms with Gasteiger partial charge in [-0.1, -0.05) is 24.3 Å². The number of aliphatic hydroxyl groups is 1. The van der Waals surface area contributed by atoms with E-state index in [-0.39, 0.29) is 29.6 Å². The molecule has 5 rings (SSSR count). The summed E-state index contributed by atoms with van der Waals surface area (Å²) in [6, 6.07) is 8.63. The van der Waals surface area contributed by atoms with Gasteiger partial charge in [-0.15, -0.1) is 0 Å². The molecule has 0 radical (unpaired) electrons. The third-order valence-electron chi connectivity index (χ3n) is 7.35. The Morgan fingerprint density at radius 3 is 2.67 bits per heavy atom. The Kier molecular flexibility index (Phi) is 4.47. The highest BCUT2D eigenvalue weighted by Crippen LogP contribution is 2.55. The molecule has 1 aromatic carbocycles. The number of hydrogen-bond donors (Lipinski definition) is 1. The summed E-state index contributed by atoms with van der Waals surface area (Å²) in [6.07, 6.45) is 6.86. The maximum absolute atomic E-state index is 12.4. The van der Waals surface area contributed by atoms with Crippen molar-refractivity contribution in [2.75, 3.05) is 13.1 Å². The van der Waals surface area contributed by atoms with E-state index < -0.39 is 5.60 Å². The second-order valence-electron chi connectivity index (χ2n) is 10.2. The molecule has 2 aromatic rings. The molecule has 1 aliphatic carbocycles. The number of piperidine rings is 1. The number of hydrogen-bond acceptors (Lipinski definition) is 4. The van der Waals surface area contributed by atoms with Crippen LogP contribution in [0.3, 0.4) is 0 Å². The van der Waals surface area contributed by atoms with Crippen LogP contribution in [0.4, 0.5) is 4.79 Å². The van der Waals surface area contributed by atoms with Crippen LogP contribution in [0.2, 0.25) is 0 Å². The van der Waals surface area contributed by atoms with Gasteiger partial charge in [-0.05, 0) is 52.0 Å². The Morgan fingerprint density at radius 1 is 1.20 bits per heavy atom. The predicted molar refractivity (Wildman–Crippen MR) is 114 cm³/mol. The van der Waals surface area contributed by atoms with Crippen LogP contribution in [0.5, 0.6) is 0 Å². The van der Waals surface area contributed by atoms with Crippen LogP contribution in [0, 0.1) is 11.3 Å². The van der Waals surface area contributed by atoms with E-state index in [4.69, 9.17) is 4.74 Å². The maximum atomic E-state index is 12.4. The minimum Gasteiger partial charge on any atom is -0.444 e. The van der Waals surface area contributed by atoms with Crippen molar-refractivity contribution in [3.05, 3.63) is 42.4 Å². The van der Waals surface area contributed by atoms with Crippen molar-refractivity contribution >= 4 is 6.09 Å². The van der Waals surface area contributed by atoms with Crippen molar-refractivity contribution in [1.29, 1.82) is 0 Å². The lowest BCUT2D eigenvalue weighted by atomic mass is 9.73. The van der Waals surface area contributed by atoms with Crippen molar-refractivity contribution in [3.63, 3.8) is 0 Å². The van der Waals surface area contributed by atoms with E-state index in [0.717, 1.165) is 31.4 Å². The second kappa shape index (κ2) is 6.84. The molecular formula is C24H31N3O3. The largest absolute Gasteiger partial charge is 0.444 e. The monoisotopic (exact) mass is 409 g/mol. The lowest BCUT2D eigenvalue weighted by molar-refractivity contribution is -0.0341. The molecule has 1 saturated carbocycles. The highest BCUT2D eigenvalue weighted by Gasteiger charge is 2.53. The summed E-state index contributed by atoms with van der Waals surface area (Å²) in [7, 11) is 0. The Labute approximate surface area is 177 Å². The van der Waals surface area contributed by atoms with Gasteiger partial charge in [-0.2, -0.15) is 0 Å². The number of ether oxygens (including phenoxy) is 1. The number of amides is 1. The number of benzene rings is 1. The molecular weight excluding hydrogens is 378 g/mol. The lowest BCUT2D eigenvalue weighted by Crippen LogP contribution is -2.48. The summed E-state index contributed by atoms with van der Waals surface area (Å²) in [4.78, 5) is 18.6. The second-order valence-corrected chi connectivity index (χ2v) is 10.2. The molecule has 1 N–H and O–H groups in total. The van der Waals surface area contributed by atoms with Crippen LogP contribution in [-0.4, -0.2) is 50.4 Å². The van der Waals surface area contributed by atoms with Crippen molar-refractivity contribution in [3.8, 4) is 11.3 Å². The first-order valence-corrected chi connectivity index (χ1v) is 11.1. The van der Waals surface area contributed by atoms with Crippen molar-refractivity contribution in [2.24, 2.45) is 11.3 Å². The van der Waals surface area contributed by atoms with Gasteiger partial charge < -0.3 is 19.3 Å². The number of aliphatic hydroxyl groups excluding tert-OH is 1. The summed E-state index contributed by atoms with van der Waals surface area (Å²) < 4.78 is 7.78. The average Bonchev–Trinajstić information content (AvgIpc) is 3.36. The van der Waals surface area contributed by atoms with E-state index in [9.17, 15) is 9.90 Å². The molecule has 3 heterocycles. The van der Waals surface area contributed by atoms with Crippen LogP contribution in [0.25, 0.3) is 11.3 Å². The number of fused-ring (bicyclic) bond motifs is 3. The zero-order valence-electron chi connectivity index (χ0n) is 18.0. The standard InChI is InChI=1S/C24H31N3O3/c1-23(2,3)30-22(29)26-12-10-24(11-13-26)9-8-18(21(24)28)20-17-7-5-4-6-16(17)19-14-25-15-27(19)20/h4-7,14-15,18,20-21,28H,8-13H2,1-3H3/t18-,20+,21+/m1/s1. The number of carbonyl (C=O) groups is 1. The first kappa shape index (κ1) is 19.6. The molecule has 2 fully saturated rings. The third-order valence-corrected chi connectivity index (χ3v) is 7.35. The van der Waals surface area contributed by atoms with E-state index >= 15 is 0 Å². The van der Waals surface area contributed by atoms with Crippen molar-refractivity contribution < 1.29 is 14.6 Å². The maximum Gasteiger partial charge on any atom is 0.410 e. The van der Waals surface area contributed by atoms with Crippen LogP contribution in [-0.2, 0) is 4.74 Å². The van der Waals surface area contributed by atoms with E-state index in [1.807, 2.05) is 33.3 Å². The van der Waals surface area contributed by atoms with Crippen molar-refractivity contribution in [1.82, 2.24) is 14.5 Å². The summed E-state index contributed by atoms with van der Waals surface area (Å²) in [6.45, 7) is 6.98. The molecule has 6 heteroatoms. The predicted octanol–water partition coefficient (Wildman–Crippen LogP) is 4.24. The number of likely N-dealkylation sites (tertiary alicyclic amines) is 1. The molecule has 1 amide bonds. The van der Waals surface area contributed by atoms with Gasteiger partial charge in [-0.25, -0.2) is 9.78 Å². The number of imidazole rings is 1. The molecule has 0 bridgehead atoms. The third kappa shape index (κ3) is 3.04. The smallest absolute Gasteiger partial charge is 0.410 e. The molecule has 3 aliphatic rings. The average molecular weight is 410 g/mol. The van der Waals surface area contributed by atoms with Gasteiger partial charge in [0.05, 0.1) is 30.4 Å². The molecule has 3 atom stereocenters. The topological polar surface area (TPSA) is 67.6 Å². The van der Waals surface area contributed by atoms with Crippen molar-refractivity contribution in [2.45, 2.75) is 64.2 Å². The van der Waals surface area contributed by atoms with Gasteiger partial charge in [0, 0.05) is 30.0 Å². The van der Waals surface area contributed by atoms with Gasteiger partial charge in [0.2, 0.25) is 0 Å². The minimum absolute atomic E-state index is 0.110. The normalized spacial score (nSPS) is 27.2. The minimum atomic E-state index is -0.484. The van der Waals surface area contributed by atoms with E-state index in [2.05, 4.69) is 33.8 Å². The first-order valence-electron chi connectivity index (χ1n) is 11.1. The molecule has 160 valence electrons. The van der Waals surface area contributed by atoms with Crippen LogP contribution in [0.15, 0.2) is 36.8 Å². The molecule has 6 nitrogen and oxygen atoms in total. The fourth-order valence-corrected chi connectivity index (χ4v) is 5.86. The quantitative estimate of drug-likeness (QED) is 0.765.